The first-order valence-electron chi connectivity index (χ1n) is 10.8. The zero-order valence-corrected chi connectivity index (χ0v) is 19.6. The molecule has 1 unspecified atom stereocenters. The monoisotopic (exact) mass is 490 g/mol. The Labute approximate surface area is 202 Å². The standard InChI is InChI=1S/C26H22N2O6S/c1-2-34-23-16-14-21(15-17-23)27-25(29)24(13-6-10-19-8-4-3-5-9-19)35(32,33)26(27)20-11-7-12-22(18-20)28(30)31/h3-18,26H,2H2,1H3. The Morgan fingerprint density at radius 3 is 2.40 bits per heavy atom. The molecule has 1 heterocycles. The number of allylic oxidation sites excluding steroid dienone is 2. The van der Waals surface area contributed by atoms with E-state index in [1.165, 1.54) is 36.4 Å². The third kappa shape index (κ3) is 4.85. The molecule has 1 fully saturated rings. The fourth-order valence-corrected chi connectivity index (χ4v) is 5.68. The lowest BCUT2D eigenvalue weighted by Gasteiger charge is -2.23. The van der Waals surface area contributed by atoms with Gasteiger partial charge >= 0.3 is 0 Å². The topological polar surface area (TPSA) is 107 Å². The van der Waals surface area contributed by atoms with E-state index in [9.17, 15) is 23.3 Å². The van der Waals surface area contributed by atoms with Crippen LogP contribution in [-0.2, 0) is 14.6 Å². The molecule has 0 saturated carbocycles. The predicted octanol–water partition coefficient (Wildman–Crippen LogP) is 5.05. The van der Waals surface area contributed by atoms with Crippen molar-refractivity contribution in [1.29, 1.82) is 0 Å². The summed E-state index contributed by atoms with van der Waals surface area (Å²) in [6.45, 7) is 2.29. The lowest BCUT2D eigenvalue weighted by Crippen LogP contribution is -2.29. The maximum absolute atomic E-state index is 13.6. The minimum atomic E-state index is -4.21. The second kappa shape index (κ2) is 9.94. The number of nitro groups is 1. The van der Waals surface area contributed by atoms with Crippen LogP contribution in [0.25, 0.3) is 6.08 Å². The van der Waals surface area contributed by atoms with Crippen molar-refractivity contribution in [3.05, 3.63) is 117 Å². The van der Waals surface area contributed by atoms with Gasteiger partial charge in [-0.2, -0.15) is 0 Å². The second-order valence-corrected chi connectivity index (χ2v) is 9.63. The van der Waals surface area contributed by atoms with E-state index in [1.54, 1.807) is 30.3 Å². The molecule has 4 rings (SSSR count). The van der Waals surface area contributed by atoms with Gasteiger partial charge < -0.3 is 4.74 Å². The molecular weight excluding hydrogens is 468 g/mol. The average molecular weight is 491 g/mol. The molecule has 1 aliphatic heterocycles. The predicted molar refractivity (Wildman–Crippen MR) is 133 cm³/mol. The third-order valence-electron chi connectivity index (χ3n) is 5.39. The van der Waals surface area contributed by atoms with Gasteiger partial charge in [0.15, 0.2) is 5.37 Å². The lowest BCUT2D eigenvalue weighted by atomic mass is 10.1. The number of hydrogen-bond acceptors (Lipinski definition) is 6. The van der Waals surface area contributed by atoms with E-state index in [2.05, 4.69) is 0 Å². The maximum Gasteiger partial charge on any atom is 0.271 e. The normalized spacial score (nSPS) is 18.3. The SMILES string of the molecule is CCOc1ccc(N2C(=O)C(=CC=Cc3ccccc3)S(=O)(=O)C2c2cccc([N+](=O)[O-])c2)cc1. The maximum atomic E-state index is 13.6. The average Bonchev–Trinajstić information content (AvgIpc) is 3.05. The molecule has 3 aromatic carbocycles. The highest BCUT2D eigenvalue weighted by atomic mass is 32.2. The van der Waals surface area contributed by atoms with Crippen molar-refractivity contribution in [3.8, 4) is 5.75 Å². The van der Waals surface area contributed by atoms with E-state index >= 15 is 0 Å². The molecule has 0 N–H and O–H groups in total. The number of nitro benzene ring substituents is 1. The summed E-state index contributed by atoms with van der Waals surface area (Å²) in [5, 5.41) is 9.87. The van der Waals surface area contributed by atoms with E-state index in [4.69, 9.17) is 4.74 Å². The van der Waals surface area contributed by atoms with Crippen molar-refractivity contribution >= 4 is 33.2 Å². The smallest absolute Gasteiger partial charge is 0.271 e. The number of ether oxygens (including phenoxy) is 1. The number of benzene rings is 3. The number of amides is 1. The largest absolute Gasteiger partial charge is 0.494 e. The van der Waals surface area contributed by atoms with E-state index in [-0.39, 0.29) is 11.3 Å². The van der Waals surface area contributed by atoms with Gasteiger partial charge in [0.25, 0.3) is 11.6 Å². The Morgan fingerprint density at radius 1 is 1.03 bits per heavy atom. The molecular formula is C26H22N2O6S. The van der Waals surface area contributed by atoms with Crippen LogP contribution in [0.4, 0.5) is 11.4 Å². The lowest BCUT2D eigenvalue weighted by molar-refractivity contribution is -0.384. The molecule has 0 bridgehead atoms. The Kier molecular flexibility index (Phi) is 6.79. The summed E-state index contributed by atoms with van der Waals surface area (Å²) in [6, 6.07) is 21.0. The summed E-state index contributed by atoms with van der Waals surface area (Å²) < 4.78 is 32.7. The fourth-order valence-electron chi connectivity index (χ4n) is 3.83. The van der Waals surface area contributed by atoms with Gasteiger partial charge in [-0.15, -0.1) is 0 Å². The summed E-state index contributed by atoms with van der Waals surface area (Å²) in [4.78, 5) is 24.9. The Balaban J connectivity index is 1.82. The molecule has 0 spiro atoms. The van der Waals surface area contributed by atoms with Gasteiger partial charge in [0, 0.05) is 17.8 Å². The van der Waals surface area contributed by atoms with E-state index in [0.717, 1.165) is 10.5 Å². The summed E-state index contributed by atoms with van der Waals surface area (Å²) in [5.41, 5.74) is 1.02. The van der Waals surface area contributed by atoms with Crippen molar-refractivity contribution in [2.45, 2.75) is 12.3 Å². The van der Waals surface area contributed by atoms with Gasteiger partial charge in [0.05, 0.1) is 11.5 Å². The molecule has 3 aromatic rings. The van der Waals surface area contributed by atoms with Gasteiger partial charge in [-0.25, -0.2) is 8.42 Å². The third-order valence-corrected chi connectivity index (χ3v) is 7.39. The number of non-ortho nitro benzene ring substituents is 1. The Hall–Kier alpha value is -4.24. The first-order chi connectivity index (χ1) is 16.8. The number of sulfone groups is 1. The van der Waals surface area contributed by atoms with Crippen LogP contribution < -0.4 is 9.64 Å². The van der Waals surface area contributed by atoms with Crippen molar-refractivity contribution in [2.75, 3.05) is 11.5 Å². The number of nitrogens with zero attached hydrogens (tertiary/aromatic N) is 2. The number of hydrogen-bond donors (Lipinski definition) is 0. The van der Waals surface area contributed by atoms with Crippen molar-refractivity contribution in [2.24, 2.45) is 0 Å². The molecule has 0 aromatic heterocycles. The van der Waals surface area contributed by atoms with Gasteiger partial charge in [0.2, 0.25) is 9.84 Å². The van der Waals surface area contributed by atoms with Crippen LogP contribution in [0.15, 0.2) is 95.9 Å². The first kappa shape index (κ1) is 23.9. The molecule has 9 heteroatoms. The molecule has 1 aliphatic rings. The van der Waals surface area contributed by atoms with Gasteiger partial charge in [-0.3, -0.25) is 19.8 Å². The number of anilines is 1. The molecule has 0 aliphatic carbocycles. The Bertz CT molecular complexity index is 1410. The van der Waals surface area contributed by atoms with Crippen LogP contribution in [0.3, 0.4) is 0 Å². The van der Waals surface area contributed by atoms with Crippen molar-refractivity contribution in [1.82, 2.24) is 0 Å². The van der Waals surface area contributed by atoms with E-state index < -0.39 is 30.9 Å². The minimum absolute atomic E-state index is 0.122. The quantitative estimate of drug-likeness (QED) is 0.261. The molecule has 8 nitrogen and oxygen atoms in total. The number of carbonyl (C=O) groups is 1. The van der Waals surface area contributed by atoms with Crippen LogP contribution in [0, 0.1) is 10.1 Å². The highest BCUT2D eigenvalue weighted by Crippen LogP contribution is 2.43. The molecule has 35 heavy (non-hydrogen) atoms. The van der Waals surface area contributed by atoms with Crippen LogP contribution in [0.5, 0.6) is 5.75 Å². The highest BCUT2D eigenvalue weighted by molar-refractivity contribution is 7.97. The molecule has 1 saturated heterocycles. The fraction of sp³-hybridized carbons (Fsp3) is 0.115. The van der Waals surface area contributed by atoms with Crippen LogP contribution in [-0.4, -0.2) is 25.9 Å². The van der Waals surface area contributed by atoms with Gasteiger partial charge in [-0.05, 0) is 48.4 Å². The van der Waals surface area contributed by atoms with Crippen LogP contribution >= 0.6 is 0 Å². The van der Waals surface area contributed by atoms with Crippen molar-refractivity contribution < 1.29 is 22.9 Å². The van der Waals surface area contributed by atoms with Gasteiger partial charge in [0.1, 0.15) is 10.7 Å². The summed E-state index contributed by atoms with van der Waals surface area (Å²) in [5.74, 6) is -0.150. The number of rotatable bonds is 7. The van der Waals surface area contributed by atoms with E-state index in [0.29, 0.717) is 18.0 Å². The minimum Gasteiger partial charge on any atom is -0.494 e. The first-order valence-corrected chi connectivity index (χ1v) is 12.4. The summed E-state index contributed by atoms with van der Waals surface area (Å²) >= 11 is 0. The molecule has 178 valence electrons. The zero-order chi connectivity index (χ0) is 25.0. The summed E-state index contributed by atoms with van der Waals surface area (Å²) in [6.07, 6.45) is 4.47. The van der Waals surface area contributed by atoms with Crippen molar-refractivity contribution in [3.63, 3.8) is 0 Å². The molecule has 1 amide bonds. The second-order valence-electron chi connectivity index (χ2n) is 7.65. The summed E-state index contributed by atoms with van der Waals surface area (Å²) in [7, 11) is -4.21. The molecule has 1 atom stereocenters. The van der Waals surface area contributed by atoms with Gasteiger partial charge in [-0.1, -0.05) is 54.6 Å². The Morgan fingerprint density at radius 2 is 1.74 bits per heavy atom. The highest BCUT2D eigenvalue weighted by Gasteiger charge is 2.50. The number of carbonyl (C=O) groups excluding carboxylic acids is 1. The van der Waals surface area contributed by atoms with E-state index in [1.807, 2.05) is 37.3 Å². The van der Waals surface area contributed by atoms with Crippen LogP contribution in [0.1, 0.15) is 23.4 Å². The molecule has 0 radical (unpaired) electrons. The zero-order valence-electron chi connectivity index (χ0n) is 18.8. The van der Waals surface area contributed by atoms with Crippen LogP contribution in [0.2, 0.25) is 0 Å².